The van der Waals surface area contributed by atoms with Crippen molar-refractivity contribution in [1.82, 2.24) is 0 Å². The summed E-state index contributed by atoms with van der Waals surface area (Å²) in [5.41, 5.74) is 1.56. The smallest absolute Gasteiger partial charge is 0.437 e. The van der Waals surface area contributed by atoms with Gasteiger partial charge in [0.1, 0.15) is 11.5 Å². The van der Waals surface area contributed by atoms with E-state index in [1.54, 1.807) is 54.7 Å². The maximum Gasteiger partial charge on any atom is 0.513 e. The van der Waals surface area contributed by atoms with E-state index in [9.17, 15) is 9.59 Å². The molecule has 0 radical (unpaired) electrons. The van der Waals surface area contributed by atoms with Crippen LogP contribution in [0.25, 0.3) is 0 Å². The van der Waals surface area contributed by atoms with Crippen molar-refractivity contribution in [2.45, 2.75) is 6.92 Å². The van der Waals surface area contributed by atoms with Crippen LogP contribution >= 0.6 is 0 Å². The molecule has 0 saturated carbocycles. The van der Waals surface area contributed by atoms with E-state index in [0.717, 1.165) is 5.56 Å². The Morgan fingerprint density at radius 3 is 2.04 bits per heavy atom. The minimum Gasteiger partial charge on any atom is -0.437 e. The summed E-state index contributed by atoms with van der Waals surface area (Å²) in [6.07, 6.45) is 0.905. The van der Waals surface area contributed by atoms with Gasteiger partial charge in [0.2, 0.25) is 0 Å². The quantitative estimate of drug-likeness (QED) is 0.374. The summed E-state index contributed by atoms with van der Waals surface area (Å²) in [6, 6.07) is 13.6. The summed E-state index contributed by atoms with van der Waals surface area (Å²) in [5.74, 6) is 0.501. The third-order valence-electron chi connectivity index (χ3n) is 2.71. The molecule has 0 unspecified atom stereocenters. The summed E-state index contributed by atoms with van der Waals surface area (Å²) in [4.78, 5) is 26.1. The first-order valence-corrected chi connectivity index (χ1v) is 6.75. The molecule has 6 nitrogen and oxygen atoms in total. The molecular weight excluding hydrogens is 298 g/mol. The van der Waals surface area contributed by atoms with Crippen LogP contribution < -0.4 is 9.47 Å². The molecule has 118 valence electrons. The number of benzene rings is 2. The van der Waals surface area contributed by atoms with Gasteiger partial charge in [0.05, 0.1) is 12.8 Å². The molecule has 0 spiro atoms. The Morgan fingerprint density at radius 2 is 1.48 bits per heavy atom. The van der Waals surface area contributed by atoms with Crippen molar-refractivity contribution < 1.29 is 23.8 Å². The van der Waals surface area contributed by atoms with Crippen LogP contribution in [-0.2, 0) is 9.53 Å². The molecule has 2 aromatic carbocycles. The van der Waals surface area contributed by atoms with Gasteiger partial charge in [0.25, 0.3) is 0 Å². The predicted molar refractivity (Wildman–Crippen MR) is 84.5 cm³/mol. The van der Waals surface area contributed by atoms with E-state index in [2.05, 4.69) is 9.73 Å². The fourth-order valence-electron chi connectivity index (χ4n) is 1.68. The summed E-state index contributed by atoms with van der Waals surface area (Å²) in [6.45, 7) is 1.35. The topological polar surface area (TPSA) is 74.2 Å². The lowest BCUT2D eigenvalue weighted by atomic mass is 10.2. The van der Waals surface area contributed by atoms with Gasteiger partial charge >= 0.3 is 12.1 Å². The van der Waals surface area contributed by atoms with Crippen LogP contribution in [0.5, 0.6) is 11.5 Å². The van der Waals surface area contributed by atoms with Gasteiger partial charge in [-0.15, -0.1) is 0 Å². The first kappa shape index (κ1) is 16.2. The van der Waals surface area contributed by atoms with Crippen LogP contribution in [0.1, 0.15) is 12.5 Å². The third-order valence-corrected chi connectivity index (χ3v) is 2.71. The van der Waals surface area contributed by atoms with Crippen molar-refractivity contribution in [1.29, 1.82) is 0 Å². The fraction of sp³-hybridized carbons (Fsp3) is 0.118. The molecular formula is C17H15NO5. The Hall–Kier alpha value is -3.15. The summed E-state index contributed by atoms with van der Waals surface area (Å²) < 4.78 is 14.2. The van der Waals surface area contributed by atoms with Crippen molar-refractivity contribution in [3.8, 4) is 11.5 Å². The molecule has 0 bridgehead atoms. The first-order chi connectivity index (χ1) is 11.1. The number of ether oxygens (including phenoxy) is 3. The van der Waals surface area contributed by atoms with E-state index in [4.69, 9.17) is 9.47 Å². The average molecular weight is 313 g/mol. The Bertz CT molecular complexity index is 705. The number of carbonyl (C=O) groups excluding carboxylic acids is 2. The van der Waals surface area contributed by atoms with Crippen LogP contribution in [0.2, 0.25) is 0 Å². The summed E-state index contributed by atoms with van der Waals surface area (Å²) in [5, 5.41) is 0. The van der Waals surface area contributed by atoms with Crippen molar-refractivity contribution >= 4 is 24.0 Å². The lowest BCUT2D eigenvalue weighted by Gasteiger charge is -2.02. The van der Waals surface area contributed by atoms with Gasteiger partial charge in [0, 0.05) is 13.1 Å². The van der Waals surface area contributed by atoms with E-state index in [0.29, 0.717) is 17.2 Å². The second-order valence-corrected chi connectivity index (χ2v) is 4.47. The van der Waals surface area contributed by atoms with Crippen LogP contribution in [0, 0.1) is 0 Å². The number of esters is 1. The highest BCUT2D eigenvalue weighted by Crippen LogP contribution is 2.19. The largest absolute Gasteiger partial charge is 0.513 e. The van der Waals surface area contributed by atoms with Crippen LogP contribution in [-0.4, -0.2) is 25.4 Å². The van der Waals surface area contributed by atoms with E-state index in [1.165, 1.54) is 14.0 Å². The molecule has 0 saturated heterocycles. The Labute approximate surface area is 133 Å². The molecule has 23 heavy (non-hydrogen) atoms. The molecule has 0 atom stereocenters. The highest BCUT2D eigenvalue weighted by molar-refractivity contribution is 5.82. The molecule has 0 heterocycles. The first-order valence-electron chi connectivity index (χ1n) is 6.75. The normalized spacial score (nSPS) is 10.3. The summed E-state index contributed by atoms with van der Waals surface area (Å²) >= 11 is 0. The molecule has 0 amide bonds. The second-order valence-electron chi connectivity index (χ2n) is 4.47. The molecule has 0 aliphatic rings. The maximum atomic E-state index is 11.0. The van der Waals surface area contributed by atoms with Crippen LogP contribution in [0.15, 0.2) is 53.5 Å². The van der Waals surface area contributed by atoms with Gasteiger partial charge in [-0.05, 0) is 54.1 Å². The lowest BCUT2D eigenvalue weighted by molar-refractivity contribution is -0.131. The molecule has 0 N–H and O–H groups in total. The second kappa shape index (κ2) is 7.74. The number of carbonyl (C=O) groups is 2. The highest BCUT2D eigenvalue weighted by atomic mass is 16.7. The van der Waals surface area contributed by atoms with Crippen molar-refractivity contribution in [2.24, 2.45) is 4.99 Å². The number of rotatable bonds is 4. The Balaban J connectivity index is 1.99. The van der Waals surface area contributed by atoms with Gasteiger partial charge in [0.15, 0.2) is 0 Å². The number of hydrogen-bond donors (Lipinski definition) is 0. The standard InChI is InChI=1S/C17H15NO5/c1-12(19)22-15-7-3-13(4-8-15)11-18-14-5-9-16(10-6-14)23-17(20)21-2/h3-11H,1-2H3/b18-11+. The zero-order valence-corrected chi connectivity index (χ0v) is 12.7. The minimum absolute atomic E-state index is 0.360. The molecule has 6 heteroatoms. The zero-order valence-electron chi connectivity index (χ0n) is 12.7. The molecule has 0 fully saturated rings. The van der Waals surface area contributed by atoms with E-state index in [1.807, 2.05) is 0 Å². The molecule has 0 aliphatic carbocycles. The van der Waals surface area contributed by atoms with Gasteiger partial charge in [-0.3, -0.25) is 9.79 Å². The lowest BCUT2D eigenvalue weighted by Crippen LogP contribution is -2.06. The molecule has 2 rings (SSSR count). The molecule has 0 aromatic heterocycles. The minimum atomic E-state index is -0.769. The van der Waals surface area contributed by atoms with Gasteiger partial charge < -0.3 is 14.2 Å². The number of hydrogen-bond acceptors (Lipinski definition) is 6. The van der Waals surface area contributed by atoms with E-state index in [-0.39, 0.29) is 5.97 Å². The molecule has 0 aliphatic heterocycles. The Kier molecular flexibility index (Phi) is 5.46. The monoisotopic (exact) mass is 313 g/mol. The highest BCUT2D eigenvalue weighted by Gasteiger charge is 2.02. The SMILES string of the molecule is COC(=O)Oc1ccc(/N=C/c2ccc(OC(C)=O)cc2)cc1. The average Bonchev–Trinajstić information content (AvgIpc) is 2.55. The van der Waals surface area contributed by atoms with Gasteiger partial charge in [-0.25, -0.2) is 4.79 Å². The predicted octanol–water partition coefficient (Wildman–Crippen LogP) is 3.51. The zero-order chi connectivity index (χ0) is 16.7. The van der Waals surface area contributed by atoms with E-state index >= 15 is 0 Å². The number of methoxy groups -OCH3 is 1. The van der Waals surface area contributed by atoms with Crippen molar-refractivity contribution in [3.05, 3.63) is 54.1 Å². The van der Waals surface area contributed by atoms with Gasteiger partial charge in [-0.2, -0.15) is 0 Å². The van der Waals surface area contributed by atoms with Crippen molar-refractivity contribution in [3.63, 3.8) is 0 Å². The molecule has 2 aromatic rings. The van der Waals surface area contributed by atoms with Crippen molar-refractivity contribution in [2.75, 3.05) is 7.11 Å². The van der Waals surface area contributed by atoms with Crippen LogP contribution in [0.4, 0.5) is 10.5 Å². The Morgan fingerprint density at radius 1 is 0.913 bits per heavy atom. The number of nitrogens with zero attached hydrogens (tertiary/aromatic N) is 1. The maximum absolute atomic E-state index is 11.0. The number of aliphatic imine (C=N–C) groups is 1. The van der Waals surface area contributed by atoms with Crippen LogP contribution in [0.3, 0.4) is 0 Å². The fourth-order valence-corrected chi connectivity index (χ4v) is 1.68. The van der Waals surface area contributed by atoms with E-state index < -0.39 is 6.16 Å². The summed E-state index contributed by atoms with van der Waals surface area (Å²) in [7, 11) is 1.24. The third kappa shape index (κ3) is 5.28. The van der Waals surface area contributed by atoms with Gasteiger partial charge in [-0.1, -0.05) is 0 Å².